The topological polar surface area (TPSA) is 130 Å². The van der Waals surface area contributed by atoms with Crippen molar-refractivity contribution in [2.75, 3.05) is 29.6 Å². The molecule has 2 amide bonds. The molecule has 3 aromatic heterocycles. The molecule has 0 bridgehead atoms. The third-order valence-corrected chi connectivity index (χ3v) is 5.34. The maximum atomic E-state index is 12.7. The number of aryl methyl sites for hydroxylation is 1. The summed E-state index contributed by atoms with van der Waals surface area (Å²) in [6, 6.07) is 1.39. The van der Waals surface area contributed by atoms with E-state index >= 15 is 0 Å². The van der Waals surface area contributed by atoms with Gasteiger partial charge in [-0.2, -0.15) is 5.10 Å². The first kappa shape index (κ1) is 14.1. The number of amides is 2. The van der Waals surface area contributed by atoms with Gasteiger partial charge in [-0.3, -0.25) is 19.3 Å². The van der Waals surface area contributed by atoms with Crippen LogP contribution in [-0.2, 0) is 18.3 Å². The second kappa shape index (κ2) is 7.59. The molecule has 1 fully saturated rings. The molecule has 0 atom stereocenters. The van der Waals surface area contributed by atoms with E-state index in [-0.39, 0.29) is 29.0 Å². The van der Waals surface area contributed by atoms with Crippen LogP contribution in [0.1, 0.15) is 37.1 Å². The fourth-order valence-electron chi connectivity index (χ4n) is 3.71. The highest BCUT2D eigenvalue weighted by Crippen LogP contribution is 2.42. The highest BCUT2D eigenvalue weighted by molar-refractivity contribution is 6.01. The van der Waals surface area contributed by atoms with Crippen molar-refractivity contribution in [2.45, 2.75) is 19.4 Å². The molecule has 3 aromatic rings. The molecule has 164 valence electrons. The van der Waals surface area contributed by atoms with Gasteiger partial charge in [0, 0.05) is 71.3 Å². The molecule has 1 aliphatic carbocycles. The smallest absolute Gasteiger partial charge is 0.273 e. The van der Waals surface area contributed by atoms with Crippen molar-refractivity contribution in [1.82, 2.24) is 30.3 Å². The molecule has 1 aliphatic heterocycles. The Balaban J connectivity index is 1.55. The average Bonchev–Trinajstić information content (AvgIpc) is 3.56. The summed E-state index contributed by atoms with van der Waals surface area (Å²) in [7, 11) is 1.80. The van der Waals surface area contributed by atoms with Gasteiger partial charge in [-0.05, 0) is 12.8 Å². The van der Waals surface area contributed by atoms with Crippen LogP contribution in [0.3, 0.4) is 0 Å². The molecule has 11 nitrogen and oxygen atoms in total. The number of aromatic nitrogens is 5. The minimum Gasteiger partial charge on any atom is -0.368 e. The highest BCUT2D eigenvalue weighted by atomic mass is 16.2. The lowest BCUT2D eigenvalue weighted by Crippen LogP contribution is -2.24. The molecule has 0 saturated heterocycles. The van der Waals surface area contributed by atoms with Crippen LogP contribution in [0.2, 0.25) is 0 Å². The third kappa shape index (κ3) is 3.51. The Labute approximate surface area is 192 Å². The SMILES string of the molecule is [2H]C([2H])([2H])NC(=O)c1nnc(NC(=O)C2CC2)cc1Nc1cncc2c1N(C)Cc1cn(C([2H])([2H])[2H])nc1-2. The van der Waals surface area contributed by atoms with Gasteiger partial charge in [-0.25, -0.2) is 0 Å². The Hall–Kier alpha value is -4.02. The van der Waals surface area contributed by atoms with Crippen molar-refractivity contribution in [3.63, 3.8) is 0 Å². The van der Waals surface area contributed by atoms with Crippen LogP contribution in [-0.4, -0.2) is 50.8 Å². The van der Waals surface area contributed by atoms with Gasteiger partial charge in [0.15, 0.2) is 11.5 Å². The normalized spacial score (nSPS) is 18.0. The van der Waals surface area contributed by atoms with Crippen molar-refractivity contribution < 1.29 is 17.8 Å². The molecule has 0 spiro atoms. The first-order valence-electron chi connectivity index (χ1n) is 12.9. The maximum Gasteiger partial charge on any atom is 0.273 e. The molecule has 0 radical (unpaired) electrons. The molecule has 32 heavy (non-hydrogen) atoms. The second-order valence-corrected chi connectivity index (χ2v) is 7.72. The van der Waals surface area contributed by atoms with Crippen LogP contribution in [0.4, 0.5) is 22.9 Å². The zero-order valence-corrected chi connectivity index (χ0v) is 17.0. The number of hydrogen-bond donors (Lipinski definition) is 3. The van der Waals surface area contributed by atoms with Gasteiger partial charge >= 0.3 is 0 Å². The van der Waals surface area contributed by atoms with E-state index in [0.29, 0.717) is 34.7 Å². The molecule has 5 rings (SSSR count). The summed E-state index contributed by atoms with van der Waals surface area (Å²) in [6.07, 6.45) is 6.07. The Morgan fingerprint density at radius 1 is 1.22 bits per heavy atom. The largest absolute Gasteiger partial charge is 0.368 e. The Morgan fingerprint density at radius 2 is 2.09 bits per heavy atom. The number of carbonyl (C=O) groups is 2. The van der Waals surface area contributed by atoms with Crippen molar-refractivity contribution >= 4 is 34.7 Å². The van der Waals surface area contributed by atoms with Crippen LogP contribution in [0.5, 0.6) is 0 Å². The molecule has 0 aromatic carbocycles. The minimum atomic E-state index is -2.76. The van der Waals surface area contributed by atoms with Gasteiger partial charge in [-0.1, -0.05) is 0 Å². The molecular formula is C21H23N9O2. The van der Waals surface area contributed by atoms with E-state index in [9.17, 15) is 9.59 Å². The van der Waals surface area contributed by atoms with Gasteiger partial charge in [0.25, 0.3) is 5.91 Å². The van der Waals surface area contributed by atoms with E-state index in [1.54, 1.807) is 13.2 Å². The van der Waals surface area contributed by atoms with E-state index in [1.165, 1.54) is 18.5 Å². The number of nitrogens with one attached hydrogen (secondary N) is 3. The van der Waals surface area contributed by atoms with Gasteiger partial charge in [0.05, 0.1) is 23.3 Å². The molecule has 3 N–H and O–H groups in total. The van der Waals surface area contributed by atoms with Crippen molar-refractivity contribution in [2.24, 2.45) is 12.9 Å². The van der Waals surface area contributed by atoms with Crippen LogP contribution < -0.4 is 20.9 Å². The number of carbonyl (C=O) groups excluding carboxylic acids is 2. The number of rotatable bonds is 5. The zero-order valence-electron chi connectivity index (χ0n) is 23.0. The summed E-state index contributed by atoms with van der Waals surface area (Å²) in [6.45, 7) is -4.87. The zero-order chi connectivity index (χ0) is 27.4. The van der Waals surface area contributed by atoms with E-state index in [1.807, 2.05) is 10.2 Å². The molecule has 11 heteroatoms. The maximum absolute atomic E-state index is 12.7. The minimum absolute atomic E-state index is 0.0789. The molecule has 4 heterocycles. The lowest BCUT2D eigenvalue weighted by Gasteiger charge is -2.29. The van der Waals surface area contributed by atoms with E-state index in [4.69, 9.17) is 8.22 Å². The van der Waals surface area contributed by atoms with E-state index < -0.39 is 19.9 Å². The standard InChI is InChI=1S/C21H23N9O2/c1-22-21(32)18-14(6-16(26-27-18)25-20(31)11-4-5-11)24-15-8-23-7-13-17-12(10-30(3)28-17)9-29(2)19(13)15/h6-8,10-11H,4-5,9H2,1-3H3,(H,22,32)(H2,24,25,26,31)/i1D3,3D3. The number of anilines is 4. The number of hydrogen-bond acceptors (Lipinski definition) is 8. The van der Waals surface area contributed by atoms with Gasteiger partial charge in [-0.15, -0.1) is 10.2 Å². The predicted molar refractivity (Wildman–Crippen MR) is 119 cm³/mol. The van der Waals surface area contributed by atoms with Crippen LogP contribution in [0.15, 0.2) is 24.7 Å². The molecular weight excluding hydrogens is 410 g/mol. The Morgan fingerprint density at radius 3 is 2.88 bits per heavy atom. The highest BCUT2D eigenvalue weighted by Gasteiger charge is 2.30. The molecule has 2 aliphatic rings. The number of fused-ring (bicyclic) bond motifs is 3. The summed E-state index contributed by atoms with van der Waals surface area (Å²) >= 11 is 0. The third-order valence-electron chi connectivity index (χ3n) is 5.34. The lowest BCUT2D eigenvalue weighted by atomic mass is 10.0. The lowest BCUT2D eigenvalue weighted by molar-refractivity contribution is -0.117. The summed E-state index contributed by atoms with van der Waals surface area (Å²) in [4.78, 5) is 31.1. The number of nitrogens with zero attached hydrogens (tertiary/aromatic N) is 6. The summed E-state index contributed by atoms with van der Waals surface area (Å²) in [5.41, 5.74) is 2.50. The van der Waals surface area contributed by atoms with Gasteiger partial charge < -0.3 is 20.9 Å². The second-order valence-electron chi connectivity index (χ2n) is 7.72. The molecule has 1 saturated carbocycles. The monoisotopic (exact) mass is 439 g/mol. The summed E-state index contributed by atoms with van der Waals surface area (Å²) in [5, 5.41) is 19.7. The van der Waals surface area contributed by atoms with Gasteiger partial charge in [0.1, 0.15) is 5.69 Å². The van der Waals surface area contributed by atoms with Crippen LogP contribution in [0, 0.1) is 5.92 Å². The van der Waals surface area contributed by atoms with Crippen LogP contribution in [0.25, 0.3) is 11.3 Å². The first-order valence-corrected chi connectivity index (χ1v) is 9.87. The van der Waals surface area contributed by atoms with E-state index in [2.05, 4.69) is 30.9 Å². The number of pyridine rings is 1. The van der Waals surface area contributed by atoms with Crippen molar-refractivity contribution in [1.29, 1.82) is 0 Å². The fourth-order valence-corrected chi connectivity index (χ4v) is 3.71. The van der Waals surface area contributed by atoms with Crippen molar-refractivity contribution in [3.05, 3.63) is 35.9 Å². The summed E-state index contributed by atoms with van der Waals surface area (Å²) < 4.78 is 46.1. The van der Waals surface area contributed by atoms with Crippen molar-refractivity contribution in [3.8, 4) is 11.3 Å². The predicted octanol–water partition coefficient (Wildman–Crippen LogP) is 1.67. The van der Waals surface area contributed by atoms with E-state index in [0.717, 1.165) is 17.5 Å². The first-order chi connectivity index (χ1) is 17.8. The fraction of sp³-hybridized carbons (Fsp3) is 0.333. The molecule has 0 unspecified atom stereocenters. The van der Waals surface area contributed by atoms with Crippen LogP contribution >= 0.6 is 0 Å². The quantitative estimate of drug-likeness (QED) is 0.547. The Bertz CT molecular complexity index is 1430. The average molecular weight is 440 g/mol. The Kier molecular flexibility index (Phi) is 3.35. The van der Waals surface area contributed by atoms with Gasteiger partial charge in [0.2, 0.25) is 5.91 Å². The summed E-state index contributed by atoms with van der Waals surface area (Å²) in [5.74, 6) is -1.24.